The molecule has 1 aliphatic rings. The van der Waals surface area contributed by atoms with Gasteiger partial charge in [0.25, 0.3) is 0 Å². The van der Waals surface area contributed by atoms with Crippen LogP contribution in [0, 0.1) is 0 Å². The molecule has 1 N–H and O–H groups in total. The molecule has 1 saturated heterocycles. The van der Waals surface area contributed by atoms with Gasteiger partial charge in [-0.3, -0.25) is 4.79 Å². The van der Waals surface area contributed by atoms with Gasteiger partial charge in [-0.05, 0) is 41.3 Å². The number of amides is 1. The SMILES string of the molecule is O=C(Cc1ccsc1)NCC1CCCN1c1ncccn1. The number of anilines is 1. The van der Waals surface area contributed by atoms with Crippen LogP contribution in [0.5, 0.6) is 0 Å². The lowest BCUT2D eigenvalue weighted by molar-refractivity contribution is -0.120. The highest BCUT2D eigenvalue weighted by Crippen LogP contribution is 2.21. The maximum Gasteiger partial charge on any atom is 0.225 e. The Bertz CT molecular complexity index is 573. The number of thiophene rings is 1. The summed E-state index contributed by atoms with van der Waals surface area (Å²) >= 11 is 1.62. The van der Waals surface area contributed by atoms with Crippen LogP contribution in [0.3, 0.4) is 0 Å². The summed E-state index contributed by atoms with van der Waals surface area (Å²) in [6.45, 7) is 1.61. The van der Waals surface area contributed by atoms with E-state index in [9.17, 15) is 4.79 Å². The van der Waals surface area contributed by atoms with Crippen LogP contribution in [-0.2, 0) is 11.2 Å². The number of carbonyl (C=O) groups is 1. The minimum absolute atomic E-state index is 0.0780. The monoisotopic (exact) mass is 302 g/mol. The van der Waals surface area contributed by atoms with Crippen LogP contribution in [0.1, 0.15) is 18.4 Å². The van der Waals surface area contributed by atoms with E-state index in [1.165, 1.54) is 0 Å². The molecular weight excluding hydrogens is 284 g/mol. The predicted octanol–water partition coefficient (Wildman–Crippen LogP) is 1.87. The normalized spacial score (nSPS) is 17.9. The molecule has 6 heteroatoms. The van der Waals surface area contributed by atoms with Crippen molar-refractivity contribution in [2.24, 2.45) is 0 Å². The Balaban J connectivity index is 1.53. The number of carbonyl (C=O) groups excluding carboxylic acids is 1. The smallest absolute Gasteiger partial charge is 0.225 e. The van der Waals surface area contributed by atoms with Gasteiger partial charge in [0, 0.05) is 31.5 Å². The fourth-order valence-electron chi connectivity index (χ4n) is 2.62. The van der Waals surface area contributed by atoms with E-state index in [0.717, 1.165) is 30.9 Å². The van der Waals surface area contributed by atoms with Crippen molar-refractivity contribution in [3.63, 3.8) is 0 Å². The van der Waals surface area contributed by atoms with Crippen molar-refractivity contribution in [2.75, 3.05) is 18.0 Å². The fraction of sp³-hybridized carbons (Fsp3) is 0.400. The molecule has 1 aliphatic heterocycles. The summed E-state index contributed by atoms with van der Waals surface area (Å²) in [6.07, 6.45) is 6.15. The summed E-state index contributed by atoms with van der Waals surface area (Å²) in [5.41, 5.74) is 1.08. The van der Waals surface area contributed by atoms with E-state index in [-0.39, 0.29) is 5.91 Å². The molecule has 5 nitrogen and oxygen atoms in total. The molecule has 0 bridgehead atoms. The molecule has 0 radical (unpaired) electrons. The zero-order chi connectivity index (χ0) is 14.5. The van der Waals surface area contributed by atoms with Crippen LogP contribution in [0.15, 0.2) is 35.3 Å². The second-order valence-corrected chi connectivity index (χ2v) is 5.93. The Morgan fingerprint density at radius 3 is 3.05 bits per heavy atom. The summed E-state index contributed by atoms with van der Waals surface area (Å²) in [5, 5.41) is 7.04. The largest absolute Gasteiger partial charge is 0.354 e. The third-order valence-electron chi connectivity index (χ3n) is 3.67. The number of nitrogens with zero attached hydrogens (tertiary/aromatic N) is 3. The molecule has 0 aromatic carbocycles. The number of hydrogen-bond acceptors (Lipinski definition) is 5. The van der Waals surface area contributed by atoms with Crippen molar-refractivity contribution < 1.29 is 4.79 Å². The molecule has 1 unspecified atom stereocenters. The topological polar surface area (TPSA) is 58.1 Å². The molecule has 0 spiro atoms. The Labute approximate surface area is 128 Å². The van der Waals surface area contributed by atoms with E-state index >= 15 is 0 Å². The first kappa shape index (κ1) is 14.0. The van der Waals surface area contributed by atoms with Crippen LogP contribution in [0.4, 0.5) is 5.95 Å². The average Bonchev–Trinajstić information content (AvgIpc) is 3.17. The minimum atomic E-state index is 0.0780. The summed E-state index contributed by atoms with van der Waals surface area (Å²) in [7, 11) is 0. The van der Waals surface area contributed by atoms with E-state index < -0.39 is 0 Å². The van der Waals surface area contributed by atoms with Crippen LogP contribution in [0.2, 0.25) is 0 Å². The molecule has 1 amide bonds. The van der Waals surface area contributed by atoms with Gasteiger partial charge in [-0.1, -0.05) is 0 Å². The molecule has 0 aliphatic carbocycles. The standard InChI is InChI=1S/C15H18N4OS/c20-14(9-12-4-8-21-11-12)18-10-13-3-1-7-19(13)15-16-5-2-6-17-15/h2,4-6,8,11,13H,1,3,7,9-10H2,(H,18,20). The van der Waals surface area contributed by atoms with Gasteiger partial charge in [-0.25, -0.2) is 9.97 Å². The van der Waals surface area contributed by atoms with E-state index in [2.05, 4.69) is 20.2 Å². The van der Waals surface area contributed by atoms with Crippen molar-refractivity contribution in [3.05, 3.63) is 40.8 Å². The molecule has 1 atom stereocenters. The quantitative estimate of drug-likeness (QED) is 0.916. The summed E-state index contributed by atoms with van der Waals surface area (Å²) in [4.78, 5) is 22.7. The maximum atomic E-state index is 12.0. The first-order chi connectivity index (χ1) is 10.3. The lowest BCUT2D eigenvalue weighted by Gasteiger charge is -2.24. The zero-order valence-corrected chi connectivity index (χ0v) is 12.6. The van der Waals surface area contributed by atoms with Crippen LogP contribution >= 0.6 is 11.3 Å². The van der Waals surface area contributed by atoms with Crippen molar-refractivity contribution in [1.29, 1.82) is 0 Å². The van der Waals surface area contributed by atoms with Crippen molar-refractivity contribution in [1.82, 2.24) is 15.3 Å². The molecular formula is C15H18N4OS. The van der Waals surface area contributed by atoms with E-state index in [1.54, 1.807) is 23.7 Å². The average molecular weight is 302 g/mol. The maximum absolute atomic E-state index is 12.0. The van der Waals surface area contributed by atoms with Crippen LogP contribution in [-0.4, -0.2) is 35.0 Å². The zero-order valence-electron chi connectivity index (χ0n) is 11.7. The Morgan fingerprint density at radius 2 is 2.29 bits per heavy atom. The molecule has 2 aromatic rings. The highest BCUT2D eigenvalue weighted by molar-refractivity contribution is 7.07. The third-order valence-corrected chi connectivity index (χ3v) is 4.40. The van der Waals surface area contributed by atoms with E-state index in [0.29, 0.717) is 19.0 Å². The Morgan fingerprint density at radius 1 is 1.43 bits per heavy atom. The number of hydrogen-bond donors (Lipinski definition) is 1. The summed E-state index contributed by atoms with van der Waals surface area (Å²) in [5.74, 6) is 0.835. The second kappa shape index (κ2) is 6.67. The van der Waals surface area contributed by atoms with Gasteiger partial charge in [-0.2, -0.15) is 11.3 Å². The first-order valence-electron chi connectivity index (χ1n) is 7.14. The van der Waals surface area contributed by atoms with Crippen molar-refractivity contribution in [2.45, 2.75) is 25.3 Å². The van der Waals surface area contributed by atoms with Gasteiger partial charge in [0.2, 0.25) is 11.9 Å². The highest BCUT2D eigenvalue weighted by Gasteiger charge is 2.26. The van der Waals surface area contributed by atoms with Crippen molar-refractivity contribution >= 4 is 23.2 Å². The Hall–Kier alpha value is -1.95. The molecule has 3 heterocycles. The van der Waals surface area contributed by atoms with E-state index in [1.807, 2.05) is 22.9 Å². The minimum Gasteiger partial charge on any atom is -0.354 e. The van der Waals surface area contributed by atoms with Crippen LogP contribution < -0.4 is 10.2 Å². The molecule has 110 valence electrons. The third kappa shape index (κ3) is 3.58. The van der Waals surface area contributed by atoms with E-state index in [4.69, 9.17) is 0 Å². The summed E-state index contributed by atoms with van der Waals surface area (Å²) < 4.78 is 0. The fourth-order valence-corrected chi connectivity index (χ4v) is 3.29. The molecule has 1 fully saturated rings. The number of nitrogens with one attached hydrogen (secondary N) is 1. The summed E-state index contributed by atoms with van der Waals surface area (Å²) in [6, 6.07) is 4.10. The molecule has 3 rings (SSSR count). The van der Waals surface area contributed by atoms with Gasteiger partial charge in [-0.15, -0.1) is 0 Å². The lowest BCUT2D eigenvalue weighted by atomic mass is 10.2. The Kier molecular flexibility index (Phi) is 4.45. The van der Waals surface area contributed by atoms with Gasteiger partial charge in [0.15, 0.2) is 0 Å². The number of rotatable bonds is 5. The predicted molar refractivity (Wildman–Crippen MR) is 83.4 cm³/mol. The molecule has 21 heavy (non-hydrogen) atoms. The molecule has 0 saturated carbocycles. The first-order valence-corrected chi connectivity index (χ1v) is 8.08. The number of aromatic nitrogens is 2. The van der Waals surface area contributed by atoms with Gasteiger partial charge in [0.1, 0.15) is 0 Å². The highest BCUT2D eigenvalue weighted by atomic mass is 32.1. The van der Waals surface area contributed by atoms with Gasteiger partial charge >= 0.3 is 0 Å². The lowest BCUT2D eigenvalue weighted by Crippen LogP contribution is -2.41. The van der Waals surface area contributed by atoms with Crippen molar-refractivity contribution in [3.8, 4) is 0 Å². The van der Waals surface area contributed by atoms with Crippen LogP contribution in [0.25, 0.3) is 0 Å². The second-order valence-electron chi connectivity index (χ2n) is 5.15. The van der Waals surface area contributed by atoms with Gasteiger partial charge < -0.3 is 10.2 Å². The van der Waals surface area contributed by atoms with Gasteiger partial charge in [0.05, 0.1) is 6.42 Å². The molecule has 2 aromatic heterocycles.